The fourth-order valence-corrected chi connectivity index (χ4v) is 4.25. The van der Waals surface area contributed by atoms with Crippen LogP contribution in [-0.4, -0.2) is 72.3 Å². The fraction of sp³-hybridized carbons (Fsp3) is 0.583. The third kappa shape index (κ3) is 7.73. The summed E-state index contributed by atoms with van der Waals surface area (Å²) in [5.74, 6) is -0.354. The minimum Gasteiger partial charge on any atom is -0.364 e. The minimum atomic E-state index is -0.572. The lowest BCUT2D eigenvalue weighted by Crippen LogP contribution is -2.59. The number of rotatable bonds is 14. The van der Waals surface area contributed by atoms with Gasteiger partial charge in [0.05, 0.1) is 0 Å². The molecule has 0 saturated carbocycles. The maximum atomic E-state index is 12.2. The van der Waals surface area contributed by atoms with Crippen LogP contribution in [0.1, 0.15) is 39.5 Å². The van der Waals surface area contributed by atoms with Crippen LogP contribution in [0, 0.1) is 5.92 Å². The highest BCUT2D eigenvalue weighted by Crippen LogP contribution is 2.36. The molecule has 3 unspecified atom stereocenters. The van der Waals surface area contributed by atoms with Crippen molar-refractivity contribution in [2.75, 3.05) is 33.7 Å². The standard InChI is InChI=1S/C24H40N6O3/c1-5-7-21(25-13-10-22(31)26-12-6-15-29(3)4)19(2)24-18-20(8-9-23(32)28-33)11-16-30(24)17-14-27-24/h8-9,11,14,16-19,21,25,27,33H,5-7,10,12-13,15H2,1-4H3,(H,26,31)(H,28,32)/b9-8+. The van der Waals surface area contributed by atoms with E-state index in [4.69, 9.17) is 5.21 Å². The number of carbonyl (C=O) groups excluding carboxylic acids is 2. The largest absolute Gasteiger partial charge is 0.364 e. The second-order valence-corrected chi connectivity index (χ2v) is 8.86. The van der Waals surface area contributed by atoms with Crippen LogP contribution in [0.5, 0.6) is 0 Å². The van der Waals surface area contributed by atoms with Crippen molar-refractivity contribution < 1.29 is 14.8 Å². The summed E-state index contributed by atoms with van der Waals surface area (Å²) in [5, 5.41) is 18.8. The summed E-state index contributed by atoms with van der Waals surface area (Å²) in [6, 6.07) is 0.181. The van der Waals surface area contributed by atoms with Gasteiger partial charge in [0, 0.05) is 56.1 Å². The Morgan fingerprint density at radius 3 is 2.79 bits per heavy atom. The number of amides is 2. The van der Waals surface area contributed by atoms with Crippen LogP contribution >= 0.6 is 0 Å². The summed E-state index contributed by atoms with van der Waals surface area (Å²) in [6.45, 7) is 6.62. The van der Waals surface area contributed by atoms with Crippen LogP contribution in [0.3, 0.4) is 0 Å². The molecule has 2 aliphatic rings. The van der Waals surface area contributed by atoms with E-state index in [9.17, 15) is 9.59 Å². The first-order chi connectivity index (χ1) is 15.8. The average Bonchev–Trinajstić information content (AvgIpc) is 3.23. The lowest BCUT2D eigenvalue weighted by Gasteiger charge is -2.45. The van der Waals surface area contributed by atoms with Gasteiger partial charge in [0.25, 0.3) is 5.91 Å². The maximum Gasteiger partial charge on any atom is 0.267 e. The second-order valence-electron chi connectivity index (χ2n) is 8.86. The van der Waals surface area contributed by atoms with Crippen molar-refractivity contribution in [2.24, 2.45) is 5.92 Å². The number of hydroxylamine groups is 1. The first-order valence-corrected chi connectivity index (χ1v) is 11.7. The van der Waals surface area contributed by atoms with Crippen LogP contribution in [0.25, 0.3) is 0 Å². The van der Waals surface area contributed by atoms with Gasteiger partial charge in [-0.2, -0.15) is 0 Å². The van der Waals surface area contributed by atoms with Crippen molar-refractivity contribution in [1.29, 1.82) is 0 Å². The molecule has 0 spiro atoms. The van der Waals surface area contributed by atoms with E-state index in [1.165, 1.54) is 6.08 Å². The molecule has 0 fully saturated rings. The fourth-order valence-electron chi connectivity index (χ4n) is 4.25. The van der Waals surface area contributed by atoms with Gasteiger partial charge in [0.1, 0.15) is 5.66 Å². The second kappa shape index (κ2) is 13.2. The van der Waals surface area contributed by atoms with Crippen molar-refractivity contribution >= 4 is 11.8 Å². The van der Waals surface area contributed by atoms with Crippen molar-refractivity contribution in [1.82, 2.24) is 31.2 Å². The lowest BCUT2D eigenvalue weighted by molar-refractivity contribution is -0.124. The smallest absolute Gasteiger partial charge is 0.267 e. The highest BCUT2D eigenvalue weighted by atomic mass is 16.5. The number of hydrogen-bond acceptors (Lipinski definition) is 7. The van der Waals surface area contributed by atoms with E-state index < -0.39 is 11.6 Å². The van der Waals surface area contributed by atoms with E-state index in [0.29, 0.717) is 19.5 Å². The summed E-state index contributed by atoms with van der Waals surface area (Å²) in [4.78, 5) is 27.8. The molecule has 0 bridgehead atoms. The van der Waals surface area contributed by atoms with Gasteiger partial charge in [-0.1, -0.05) is 20.3 Å². The molecule has 2 aliphatic heterocycles. The predicted octanol–water partition coefficient (Wildman–Crippen LogP) is 1.43. The summed E-state index contributed by atoms with van der Waals surface area (Å²) < 4.78 is 0. The van der Waals surface area contributed by atoms with Gasteiger partial charge in [0.15, 0.2) is 0 Å². The SMILES string of the molecule is CCCC(NCCC(=O)NCCCN(C)C)C(C)C12C=C(/C=C/C(=O)NO)C=CN1C=CN2. The molecule has 2 heterocycles. The van der Waals surface area contributed by atoms with Crippen molar-refractivity contribution in [3.05, 3.63) is 48.5 Å². The zero-order valence-corrected chi connectivity index (χ0v) is 20.3. The molecular weight excluding hydrogens is 420 g/mol. The van der Waals surface area contributed by atoms with Crippen LogP contribution in [0.2, 0.25) is 0 Å². The van der Waals surface area contributed by atoms with Gasteiger partial charge in [0.2, 0.25) is 5.91 Å². The van der Waals surface area contributed by atoms with Gasteiger partial charge in [-0.3, -0.25) is 14.8 Å². The highest BCUT2D eigenvalue weighted by molar-refractivity contribution is 5.87. The number of carbonyl (C=O) groups is 2. The molecule has 9 nitrogen and oxygen atoms in total. The third-order valence-electron chi connectivity index (χ3n) is 6.09. The summed E-state index contributed by atoms with van der Waals surface area (Å²) in [6.07, 6.45) is 16.3. The van der Waals surface area contributed by atoms with E-state index in [1.807, 2.05) is 38.8 Å². The van der Waals surface area contributed by atoms with E-state index in [2.05, 4.69) is 45.7 Å². The number of nitrogens with zero attached hydrogens (tertiary/aromatic N) is 2. The number of fused-ring (bicyclic) bond motifs is 1. The molecule has 0 aromatic rings. The zero-order valence-electron chi connectivity index (χ0n) is 20.3. The summed E-state index contributed by atoms with van der Waals surface area (Å²) in [7, 11) is 4.05. The quantitative estimate of drug-likeness (QED) is 0.115. The lowest BCUT2D eigenvalue weighted by atomic mass is 9.82. The van der Waals surface area contributed by atoms with E-state index in [0.717, 1.165) is 31.4 Å². The number of allylic oxidation sites excluding steroid dienone is 3. The minimum absolute atomic E-state index is 0.0692. The normalized spacial score (nSPS) is 21.0. The number of hydrogen-bond donors (Lipinski definition) is 5. The molecule has 2 rings (SSSR count). The van der Waals surface area contributed by atoms with Crippen LogP contribution < -0.4 is 21.4 Å². The van der Waals surface area contributed by atoms with Gasteiger partial charge in [-0.15, -0.1) is 0 Å². The number of nitrogens with one attached hydrogen (secondary N) is 4. The van der Waals surface area contributed by atoms with Crippen LogP contribution in [0.4, 0.5) is 0 Å². The van der Waals surface area contributed by atoms with E-state index >= 15 is 0 Å². The molecule has 2 amide bonds. The molecule has 0 saturated heterocycles. The predicted molar refractivity (Wildman–Crippen MR) is 130 cm³/mol. The van der Waals surface area contributed by atoms with Crippen molar-refractivity contribution in [2.45, 2.75) is 51.2 Å². The monoisotopic (exact) mass is 460 g/mol. The van der Waals surface area contributed by atoms with Crippen molar-refractivity contribution in [3.8, 4) is 0 Å². The zero-order chi connectivity index (χ0) is 24.3. The topological polar surface area (TPSA) is 109 Å². The highest BCUT2D eigenvalue weighted by Gasteiger charge is 2.44. The Kier molecular flexibility index (Phi) is 10.6. The Hall–Kier alpha value is -2.62. The van der Waals surface area contributed by atoms with Crippen LogP contribution in [-0.2, 0) is 9.59 Å². The van der Waals surface area contributed by atoms with Crippen LogP contribution in [0.15, 0.2) is 48.5 Å². The molecule has 0 aliphatic carbocycles. The average molecular weight is 461 g/mol. The molecule has 9 heteroatoms. The molecule has 3 atom stereocenters. The molecule has 0 radical (unpaired) electrons. The Bertz CT molecular complexity index is 776. The first-order valence-electron chi connectivity index (χ1n) is 11.7. The summed E-state index contributed by atoms with van der Waals surface area (Å²) in [5.41, 5.74) is 2.00. The molecule has 33 heavy (non-hydrogen) atoms. The van der Waals surface area contributed by atoms with E-state index in [1.54, 1.807) is 11.6 Å². The van der Waals surface area contributed by atoms with Gasteiger partial charge >= 0.3 is 0 Å². The Morgan fingerprint density at radius 1 is 1.30 bits per heavy atom. The van der Waals surface area contributed by atoms with Crippen molar-refractivity contribution in [3.63, 3.8) is 0 Å². The Balaban J connectivity index is 2.00. The van der Waals surface area contributed by atoms with E-state index in [-0.39, 0.29) is 17.9 Å². The van der Waals surface area contributed by atoms with Gasteiger partial charge in [-0.25, -0.2) is 5.48 Å². The third-order valence-corrected chi connectivity index (χ3v) is 6.09. The Morgan fingerprint density at radius 2 is 2.09 bits per heavy atom. The Labute approximate surface area is 197 Å². The van der Waals surface area contributed by atoms with Gasteiger partial charge in [-0.05, 0) is 57.3 Å². The summed E-state index contributed by atoms with van der Waals surface area (Å²) >= 11 is 0. The molecule has 0 aromatic carbocycles. The first kappa shape index (κ1) is 26.6. The molecular formula is C24H40N6O3. The molecule has 0 aromatic heterocycles. The van der Waals surface area contributed by atoms with Gasteiger partial charge < -0.3 is 25.8 Å². The maximum absolute atomic E-state index is 12.2. The molecule has 5 N–H and O–H groups in total. The molecule has 184 valence electrons.